The maximum absolute atomic E-state index is 12.6. The van der Waals surface area contributed by atoms with Crippen molar-refractivity contribution in [1.29, 1.82) is 0 Å². The maximum atomic E-state index is 12.6. The number of nitrogens with zero attached hydrogens (tertiary/aromatic N) is 4. The number of hydrogen-bond acceptors (Lipinski definition) is 6. The highest BCUT2D eigenvalue weighted by molar-refractivity contribution is 7.93. The van der Waals surface area contributed by atoms with Crippen molar-refractivity contribution >= 4 is 33.2 Å². The second-order valence-corrected chi connectivity index (χ2v) is 7.90. The van der Waals surface area contributed by atoms with E-state index in [0.29, 0.717) is 17.9 Å². The number of nitrogen functional groups attached to an aromatic ring is 1. The third kappa shape index (κ3) is 3.36. The minimum absolute atomic E-state index is 0.0808. The molecule has 1 unspecified atom stereocenters. The topological polar surface area (TPSA) is 119 Å². The molecule has 0 bridgehead atoms. The molecular formula is C16H17N5O3S. The van der Waals surface area contributed by atoms with E-state index in [1.165, 1.54) is 18.1 Å². The van der Waals surface area contributed by atoms with Crippen molar-refractivity contribution in [2.75, 3.05) is 16.9 Å². The lowest BCUT2D eigenvalue weighted by molar-refractivity contribution is -0.117. The van der Waals surface area contributed by atoms with Crippen LogP contribution in [0, 0.1) is 0 Å². The highest BCUT2D eigenvalue weighted by Crippen LogP contribution is 2.32. The molecule has 1 aliphatic rings. The van der Waals surface area contributed by atoms with Gasteiger partial charge in [0.1, 0.15) is 21.4 Å². The van der Waals surface area contributed by atoms with Crippen LogP contribution in [0.25, 0.3) is 0 Å². The van der Waals surface area contributed by atoms with Crippen LogP contribution < -0.4 is 10.6 Å². The molecule has 1 aliphatic heterocycles. The van der Waals surface area contributed by atoms with Crippen LogP contribution in [0.3, 0.4) is 0 Å². The molecule has 2 N–H and O–H groups in total. The summed E-state index contributed by atoms with van der Waals surface area (Å²) in [6.07, 6.45) is 1.36. The Kier molecular flexibility index (Phi) is 4.25. The van der Waals surface area contributed by atoms with E-state index in [1.54, 1.807) is 0 Å². The van der Waals surface area contributed by atoms with Crippen molar-refractivity contribution < 1.29 is 13.8 Å². The van der Waals surface area contributed by atoms with E-state index in [1.807, 2.05) is 30.3 Å². The Morgan fingerprint density at radius 3 is 2.64 bits per heavy atom. The minimum Gasteiger partial charge on any atom is -0.383 e. The van der Waals surface area contributed by atoms with Crippen LogP contribution in [0.4, 0.5) is 11.6 Å². The van der Waals surface area contributed by atoms with Crippen molar-refractivity contribution in [3.05, 3.63) is 41.5 Å². The molecule has 0 fully saturated rings. The summed E-state index contributed by atoms with van der Waals surface area (Å²) in [6, 6.07) is 9.43. The zero-order valence-corrected chi connectivity index (χ0v) is 14.6. The SMILES string of the molecule is CC(=O)N=S(C)(=O)c1nc(N)c2c(n1)N(Cc1ccccc1)C(=O)C2. The average molecular weight is 359 g/mol. The lowest BCUT2D eigenvalue weighted by Crippen LogP contribution is -2.27. The quantitative estimate of drug-likeness (QED) is 0.821. The Labute approximate surface area is 145 Å². The van der Waals surface area contributed by atoms with Crippen LogP contribution in [0.1, 0.15) is 18.1 Å². The van der Waals surface area contributed by atoms with E-state index in [0.717, 1.165) is 5.56 Å². The summed E-state index contributed by atoms with van der Waals surface area (Å²) in [5.41, 5.74) is 7.36. The molecule has 0 aliphatic carbocycles. The normalized spacial score (nSPS) is 15.6. The molecule has 9 heteroatoms. The van der Waals surface area contributed by atoms with Crippen molar-refractivity contribution in [3.8, 4) is 0 Å². The van der Waals surface area contributed by atoms with Crippen LogP contribution in [0.2, 0.25) is 0 Å². The van der Waals surface area contributed by atoms with E-state index < -0.39 is 15.6 Å². The summed E-state index contributed by atoms with van der Waals surface area (Å²) < 4.78 is 16.2. The number of aromatic nitrogens is 2. The second kappa shape index (κ2) is 6.25. The minimum atomic E-state index is -3.13. The van der Waals surface area contributed by atoms with Gasteiger partial charge in [0, 0.05) is 18.7 Å². The van der Waals surface area contributed by atoms with E-state index in [4.69, 9.17) is 5.73 Å². The van der Waals surface area contributed by atoms with Gasteiger partial charge in [-0.1, -0.05) is 30.3 Å². The van der Waals surface area contributed by atoms with Crippen molar-refractivity contribution in [2.45, 2.75) is 25.0 Å². The van der Waals surface area contributed by atoms with Gasteiger partial charge in [0.15, 0.2) is 0 Å². The number of benzene rings is 1. The van der Waals surface area contributed by atoms with Gasteiger partial charge in [0.25, 0.3) is 5.91 Å². The largest absolute Gasteiger partial charge is 0.383 e. The van der Waals surface area contributed by atoms with Crippen molar-refractivity contribution in [1.82, 2.24) is 9.97 Å². The molecule has 25 heavy (non-hydrogen) atoms. The molecule has 3 rings (SSSR count). The van der Waals surface area contributed by atoms with Crippen LogP contribution >= 0.6 is 0 Å². The van der Waals surface area contributed by atoms with E-state index in [-0.39, 0.29) is 23.3 Å². The fraction of sp³-hybridized carbons (Fsp3) is 0.250. The third-order valence-electron chi connectivity index (χ3n) is 3.71. The van der Waals surface area contributed by atoms with E-state index in [2.05, 4.69) is 14.3 Å². The van der Waals surface area contributed by atoms with Gasteiger partial charge in [-0.05, 0) is 5.56 Å². The molecule has 8 nitrogen and oxygen atoms in total. The van der Waals surface area contributed by atoms with Gasteiger partial charge in [0.05, 0.1) is 13.0 Å². The van der Waals surface area contributed by atoms with Gasteiger partial charge in [-0.3, -0.25) is 14.5 Å². The lowest BCUT2D eigenvalue weighted by Gasteiger charge is -2.17. The van der Waals surface area contributed by atoms with Crippen LogP contribution in [-0.2, 0) is 32.3 Å². The predicted octanol–water partition coefficient (Wildman–Crippen LogP) is 1.15. The van der Waals surface area contributed by atoms with Gasteiger partial charge < -0.3 is 5.73 Å². The summed E-state index contributed by atoms with van der Waals surface area (Å²) in [5, 5.41) is -0.147. The Balaban J connectivity index is 2.08. The molecule has 2 aromatic rings. The van der Waals surface area contributed by atoms with Gasteiger partial charge >= 0.3 is 0 Å². The Hall–Kier alpha value is -2.81. The fourth-order valence-corrected chi connectivity index (χ4v) is 3.71. The Morgan fingerprint density at radius 2 is 2.00 bits per heavy atom. The van der Waals surface area contributed by atoms with Crippen LogP contribution in [-0.4, -0.2) is 32.2 Å². The number of carbonyl (C=O) groups is 2. The number of carbonyl (C=O) groups excluding carboxylic acids is 2. The smallest absolute Gasteiger partial charge is 0.251 e. The average Bonchev–Trinajstić information content (AvgIpc) is 2.84. The van der Waals surface area contributed by atoms with Crippen LogP contribution in [0.5, 0.6) is 0 Å². The van der Waals surface area contributed by atoms with Gasteiger partial charge in [-0.15, -0.1) is 0 Å². The van der Waals surface area contributed by atoms with Gasteiger partial charge in [-0.25, -0.2) is 14.2 Å². The molecule has 0 saturated heterocycles. The highest BCUT2D eigenvalue weighted by atomic mass is 32.2. The number of fused-ring (bicyclic) bond motifs is 1. The lowest BCUT2D eigenvalue weighted by atomic mass is 10.2. The molecule has 2 heterocycles. The molecule has 2 amide bonds. The number of nitrogens with two attached hydrogens (primary N) is 1. The summed E-state index contributed by atoms with van der Waals surface area (Å²) >= 11 is 0. The molecule has 1 aromatic heterocycles. The third-order valence-corrected chi connectivity index (χ3v) is 5.17. The summed E-state index contributed by atoms with van der Waals surface area (Å²) in [5.74, 6) is -0.350. The van der Waals surface area contributed by atoms with Crippen LogP contribution in [0.15, 0.2) is 39.9 Å². The number of rotatable bonds is 3. The number of anilines is 2. The number of hydrogen-bond donors (Lipinski definition) is 1. The first-order valence-corrected chi connectivity index (χ1v) is 9.43. The predicted molar refractivity (Wildman–Crippen MR) is 93.2 cm³/mol. The maximum Gasteiger partial charge on any atom is 0.251 e. The fourth-order valence-electron chi connectivity index (χ4n) is 2.61. The molecule has 1 aromatic carbocycles. The summed E-state index contributed by atoms with van der Waals surface area (Å²) in [7, 11) is -3.13. The first-order chi connectivity index (χ1) is 11.8. The molecular weight excluding hydrogens is 342 g/mol. The summed E-state index contributed by atoms with van der Waals surface area (Å²) in [4.78, 5) is 33.3. The monoisotopic (exact) mass is 359 g/mol. The van der Waals surface area contributed by atoms with E-state index in [9.17, 15) is 13.8 Å². The zero-order chi connectivity index (χ0) is 18.2. The Bertz CT molecular complexity index is 981. The molecule has 130 valence electrons. The summed E-state index contributed by atoms with van der Waals surface area (Å²) in [6.45, 7) is 1.52. The highest BCUT2D eigenvalue weighted by Gasteiger charge is 2.33. The zero-order valence-electron chi connectivity index (χ0n) is 13.8. The van der Waals surface area contributed by atoms with Crippen molar-refractivity contribution in [2.24, 2.45) is 4.36 Å². The Morgan fingerprint density at radius 1 is 1.32 bits per heavy atom. The molecule has 0 spiro atoms. The first kappa shape index (κ1) is 17.0. The molecule has 0 saturated carbocycles. The molecule has 0 radical (unpaired) electrons. The van der Waals surface area contributed by atoms with Gasteiger partial charge in [-0.2, -0.15) is 4.36 Å². The van der Waals surface area contributed by atoms with E-state index >= 15 is 0 Å². The first-order valence-electron chi connectivity index (χ1n) is 7.51. The standard InChI is InChI=1S/C16H17N5O3S/c1-10(22)20-25(2,24)16-18-14(17)12-8-13(23)21(15(12)19-16)9-11-6-4-3-5-7-11/h3-7H,8-9H2,1-2H3,(H2,17,18,19). The molecule has 1 atom stereocenters. The number of amides is 2. The van der Waals surface area contributed by atoms with Crippen molar-refractivity contribution in [3.63, 3.8) is 0 Å². The van der Waals surface area contributed by atoms with Gasteiger partial charge in [0.2, 0.25) is 11.1 Å². The second-order valence-electron chi connectivity index (χ2n) is 5.75.